The number of hydrogen-bond acceptors (Lipinski definition) is 7. The van der Waals surface area contributed by atoms with Crippen LogP contribution in [-0.2, 0) is 20.7 Å². The standard InChI is InChI=1S/C21H17ClN2O7/c1-24-20(27)13-3-2-12(9-14(13)21(24)28)23-17(25)10-31-18(26)8-11-6-15(22)19-16(7-11)29-4-5-30-19/h2-3,6-7,9H,4-5,8,10H2,1H3,(H,23,25). The fourth-order valence-corrected chi connectivity index (χ4v) is 3.55. The molecule has 9 nitrogen and oxygen atoms in total. The molecule has 0 fully saturated rings. The van der Waals surface area contributed by atoms with Gasteiger partial charge in [-0.25, -0.2) is 0 Å². The molecule has 0 radical (unpaired) electrons. The first-order chi connectivity index (χ1) is 14.8. The number of anilines is 1. The number of rotatable bonds is 5. The number of amides is 3. The van der Waals surface area contributed by atoms with Crippen molar-refractivity contribution in [3.63, 3.8) is 0 Å². The van der Waals surface area contributed by atoms with Crippen molar-refractivity contribution in [3.8, 4) is 11.5 Å². The lowest BCUT2D eigenvalue weighted by Gasteiger charge is -2.20. The van der Waals surface area contributed by atoms with Crippen molar-refractivity contribution in [2.24, 2.45) is 0 Å². The number of ether oxygens (including phenoxy) is 3. The van der Waals surface area contributed by atoms with Gasteiger partial charge in [-0.1, -0.05) is 11.6 Å². The molecule has 0 unspecified atom stereocenters. The van der Waals surface area contributed by atoms with E-state index in [1.165, 1.54) is 25.2 Å². The van der Waals surface area contributed by atoms with Gasteiger partial charge in [0.25, 0.3) is 17.7 Å². The summed E-state index contributed by atoms with van der Waals surface area (Å²) in [5, 5.41) is 2.86. The van der Waals surface area contributed by atoms with Gasteiger partial charge in [0, 0.05) is 12.7 Å². The van der Waals surface area contributed by atoms with Crippen LogP contribution in [-0.4, -0.2) is 55.5 Å². The third-order valence-electron chi connectivity index (χ3n) is 4.74. The Hall–Kier alpha value is -3.59. The van der Waals surface area contributed by atoms with Gasteiger partial charge in [-0.2, -0.15) is 0 Å². The minimum absolute atomic E-state index is 0.106. The monoisotopic (exact) mass is 444 g/mol. The zero-order chi connectivity index (χ0) is 22.1. The lowest BCUT2D eigenvalue weighted by molar-refractivity contribution is -0.146. The first kappa shape index (κ1) is 20.7. The van der Waals surface area contributed by atoms with Crippen molar-refractivity contribution >= 4 is 41.0 Å². The van der Waals surface area contributed by atoms with Crippen molar-refractivity contribution in [2.45, 2.75) is 6.42 Å². The molecular formula is C21H17ClN2O7. The van der Waals surface area contributed by atoms with E-state index in [-0.39, 0.29) is 17.5 Å². The zero-order valence-electron chi connectivity index (χ0n) is 16.4. The Kier molecular flexibility index (Phi) is 5.51. The first-order valence-electron chi connectivity index (χ1n) is 9.33. The molecule has 10 heteroatoms. The minimum atomic E-state index is -0.626. The molecule has 4 rings (SSSR count). The second-order valence-corrected chi connectivity index (χ2v) is 7.32. The fraction of sp³-hybridized carbons (Fsp3) is 0.238. The quantitative estimate of drug-likeness (QED) is 0.555. The van der Waals surface area contributed by atoms with Crippen LogP contribution in [0.15, 0.2) is 30.3 Å². The second-order valence-electron chi connectivity index (χ2n) is 6.92. The maximum absolute atomic E-state index is 12.1. The third kappa shape index (κ3) is 4.17. The van der Waals surface area contributed by atoms with Gasteiger partial charge < -0.3 is 19.5 Å². The molecule has 0 aromatic heterocycles. The summed E-state index contributed by atoms with van der Waals surface area (Å²) in [4.78, 5) is 49.2. The Morgan fingerprint density at radius 3 is 2.65 bits per heavy atom. The van der Waals surface area contributed by atoms with Crippen molar-refractivity contribution in [1.29, 1.82) is 0 Å². The van der Waals surface area contributed by atoms with Gasteiger partial charge in [-0.05, 0) is 35.9 Å². The Morgan fingerprint density at radius 2 is 1.84 bits per heavy atom. The van der Waals surface area contributed by atoms with Gasteiger partial charge in [-0.15, -0.1) is 0 Å². The third-order valence-corrected chi connectivity index (χ3v) is 5.02. The van der Waals surface area contributed by atoms with Gasteiger partial charge in [0.2, 0.25) is 0 Å². The molecule has 1 N–H and O–H groups in total. The van der Waals surface area contributed by atoms with Gasteiger partial charge in [-0.3, -0.25) is 24.1 Å². The summed E-state index contributed by atoms with van der Waals surface area (Å²) in [6, 6.07) is 7.60. The lowest BCUT2D eigenvalue weighted by atomic mass is 10.1. The highest BCUT2D eigenvalue weighted by Gasteiger charge is 2.32. The minimum Gasteiger partial charge on any atom is -0.486 e. The van der Waals surface area contributed by atoms with Crippen LogP contribution >= 0.6 is 11.6 Å². The Bertz CT molecular complexity index is 1120. The molecule has 2 heterocycles. The summed E-state index contributed by atoms with van der Waals surface area (Å²) in [5.74, 6) is -1.16. The molecule has 2 aromatic rings. The van der Waals surface area contributed by atoms with Crippen LogP contribution in [0, 0.1) is 0 Å². The van der Waals surface area contributed by atoms with Crippen LogP contribution in [0.25, 0.3) is 0 Å². The number of imide groups is 1. The predicted octanol–water partition coefficient (Wildman–Crippen LogP) is 2.06. The second kappa shape index (κ2) is 8.27. The van der Waals surface area contributed by atoms with Crippen LogP contribution in [0.1, 0.15) is 26.3 Å². The number of carbonyl (C=O) groups excluding carboxylic acids is 4. The SMILES string of the molecule is CN1C(=O)c2ccc(NC(=O)COC(=O)Cc3cc(Cl)c4c(c3)OCCO4)cc2C1=O. The number of benzene rings is 2. The molecule has 0 saturated carbocycles. The molecule has 160 valence electrons. The Labute approximate surface area is 181 Å². The van der Waals surface area contributed by atoms with Crippen LogP contribution in [0.5, 0.6) is 11.5 Å². The molecule has 0 aliphatic carbocycles. The van der Waals surface area contributed by atoms with Gasteiger partial charge in [0.1, 0.15) is 13.2 Å². The van der Waals surface area contributed by atoms with E-state index >= 15 is 0 Å². The topological polar surface area (TPSA) is 111 Å². The summed E-state index contributed by atoms with van der Waals surface area (Å²) in [7, 11) is 1.39. The van der Waals surface area contributed by atoms with Gasteiger partial charge in [0.05, 0.1) is 22.6 Å². The van der Waals surface area contributed by atoms with Crippen molar-refractivity contribution in [3.05, 3.63) is 52.0 Å². The number of carbonyl (C=O) groups is 4. The summed E-state index contributed by atoms with van der Waals surface area (Å²) in [6.45, 7) is 0.270. The average molecular weight is 445 g/mol. The number of hydrogen-bond donors (Lipinski definition) is 1. The lowest BCUT2D eigenvalue weighted by Crippen LogP contribution is -2.24. The van der Waals surface area contributed by atoms with Crippen molar-refractivity contribution in [1.82, 2.24) is 4.90 Å². The van der Waals surface area contributed by atoms with Gasteiger partial charge in [0.15, 0.2) is 18.1 Å². The molecule has 2 aromatic carbocycles. The summed E-state index contributed by atoms with van der Waals surface area (Å²) < 4.78 is 15.9. The normalized spacial score (nSPS) is 14.3. The van der Waals surface area contributed by atoms with Crippen LogP contribution < -0.4 is 14.8 Å². The smallest absolute Gasteiger partial charge is 0.310 e. The highest BCUT2D eigenvalue weighted by atomic mass is 35.5. The summed E-state index contributed by atoms with van der Waals surface area (Å²) >= 11 is 6.15. The highest BCUT2D eigenvalue weighted by Crippen LogP contribution is 2.38. The van der Waals surface area contributed by atoms with E-state index in [2.05, 4.69) is 5.32 Å². The number of fused-ring (bicyclic) bond motifs is 2. The van der Waals surface area contributed by atoms with Gasteiger partial charge >= 0.3 is 5.97 Å². The molecule has 0 saturated heterocycles. The number of halogens is 1. The van der Waals surface area contributed by atoms with Crippen LogP contribution in [0.2, 0.25) is 5.02 Å². The number of nitrogens with zero attached hydrogens (tertiary/aromatic N) is 1. The average Bonchev–Trinajstić information content (AvgIpc) is 2.96. The number of esters is 1. The fourth-order valence-electron chi connectivity index (χ4n) is 3.27. The van der Waals surface area contributed by atoms with Crippen LogP contribution in [0.3, 0.4) is 0 Å². The van der Waals surface area contributed by atoms with Crippen molar-refractivity contribution in [2.75, 3.05) is 32.2 Å². The molecule has 2 aliphatic rings. The van der Waals surface area contributed by atoms with E-state index in [1.54, 1.807) is 12.1 Å². The first-order valence-corrected chi connectivity index (χ1v) is 9.71. The number of nitrogens with one attached hydrogen (secondary N) is 1. The molecule has 0 bridgehead atoms. The van der Waals surface area contributed by atoms with E-state index in [1.807, 2.05) is 0 Å². The molecular weight excluding hydrogens is 428 g/mol. The zero-order valence-corrected chi connectivity index (χ0v) is 17.2. The molecule has 2 aliphatic heterocycles. The molecule has 3 amide bonds. The van der Waals surface area contributed by atoms with E-state index in [9.17, 15) is 19.2 Å². The summed E-state index contributed by atoms with van der Waals surface area (Å²) in [6.07, 6.45) is -0.106. The van der Waals surface area contributed by atoms with E-state index in [0.29, 0.717) is 41.0 Å². The van der Waals surface area contributed by atoms with E-state index in [0.717, 1.165) is 4.90 Å². The van der Waals surface area contributed by atoms with E-state index in [4.69, 9.17) is 25.8 Å². The van der Waals surface area contributed by atoms with Crippen LogP contribution in [0.4, 0.5) is 5.69 Å². The maximum Gasteiger partial charge on any atom is 0.310 e. The molecule has 0 spiro atoms. The van der Waals surface area contributed by atoms with Crippen molar-refractivity contribution < 1.29 is 33.4 Å². The Morgan fingerprint density at radius 1 is 1.10 bits per heavy atom. The largest absolute Gasteiger partial charge is 0.486 e. The maximum atomic E-state index is 12.1. The predicted molar refractivity (Wildman–Crippen MR) is 109 cm³/mol. The molecule has 0 atom stereocenters. The Balaban J connectivity index is 1.32. The molecule has 31 heavy (non-hydrogen) atoms. The highest BCUT2D eigenvalue weighted by molar-refractivity contribution is 6.32. The van der Waals surface area contributed by atoms with E-state index < -0.39 is 30.3 Å². The summed E-state index contributed by atoms with van der Waals surface area (Å²) in [5.41, 5.74) is 1.35.